The lowest BCUT2D eigenvalue weighted by Gasteiger charge is -2.16. The molecule has 1 aliphatic heterocycles. The molecule has 2 aromatic heterocycles. The fourth-order valence-electron chi connectivity index (χ4n) is 2.68. The van der Waals surface area contributed by atoms with Gasteiger partial charge in [0.15, 0.2) is 0 Å². The van der Waals surface area contributed by atoms with Gasteiger partial charge in [0.05, 0.1) is 0 Å². The number of rotatable bonds is 6. The lowest BCUT2D eigenvalue weighted by Crippen LogP contribution is -2.20. The van der Waals surface area contributed by atoms with Gasteiger partial charge in [-0.15, -0.1) is 0 Å². The molecule has 1 fully saturated rings. The van der Waals surface area contributed by atoms with Crippen LogP contribution in [-0.2, 0) is 4.79 Å². The van der Waals surface area contributed by atoms with E-state index in [0.29, 0.717) is 18.8 Å². The van der Waals surface area contributed by atoms with Gasteiger partial charge in [-0.2, -0.15) is 0 Å². The summed E-state index contributed by atoms with van der Waals surface area (Å²) < 4.78 is 0. The summed E-state index contributed by atoms with van der Waals surface area (Å²) in [6.45, 7) is 4.49. The highest BCUT2D eigenvalue weighted by Gasteiger charge is 2.14. The van der Waals surface area contributed by atoms with Crippen LogP contribution in [0.2, 0.25) is 0 Å². The Kier molecular flexibility index (Phi) is 5.20. The maximum absolute atomic E-state index is 12.0. The molecule has 1 aliphatic rings. The zero-order valence-corrected chi connectivity index (χ0v) is 13.8. The van der Waals surface area contributed by atoms with Crippen LogP contribution in [0, 0.1) is 6.92 Å². The molecule has 0 spiro atoms. The molecule has 7 heteroatoms. The Hall–Kier alpha value is -2.70. The van der Waals surface area contributed by atoms with Crippen molar-refractivity contribution in [2.45, 2.75) is 26.2 Å². The van der Waals surface area contributed by atoms with Crippen LogP contribution in [0.5, 0.6) is 0 Å². The van der Waals surface area contributed by atoms with Crippen molar-refractivity contribution < 1.29 is 4.79 Å². The van der Waals surface area contributed by atoms with E-state index in [2.05, 4.69) is 30.5 Å². The van der Waals surface area contributed by atoms with Gasteiger partial charge < -0.3 is 15.5 Å². The molecule has 3 rings (SSSR count). The molecule has 0 unspecified atom stereocenters. The second kappa shape index (κ2) is 7.72. The van der Waals surface area contributed by atoms with Crippen LogP contribution < -0.4 is 15.5 Å². The van der Waals surface area contributed by atoms with Gasteiger partial charge in [-0.25, -0.2) is 15.0 Å². The molecule has 0 saturated carbocycles. The first kappa shape index (κ1) is 16.2. The van der Waals surface area contributed by atoms with Crippen molar-refractivity contribution in [2.24, 2.45) is 0 Å². The Balaban J connectivity index is 1.47. The fourth-order valence-corrected chi connectivity index (χ4v) is 2.68. The molecule has 126 valence electrons. The number of amides is 1. The number of carbonyl (C=O) groups excluding carboxylic acids is 1. The summed E-state index contributed by atoms with van der Waals surface area (Å²) in [7, 11) is 0. The summed E-state index contributed by atoms with van der Waals surface area (Å²) in [5.41, 5.74) is 0.876. The highest BCUT2D eigenvalue weighted by atomic mass is 16.1. The van der Waals surface area contributed by atoms with E-state index in [0.717, 1.165) is 30.4 Å². The van der Waals surface area contributed by atoms with E-state index in [1.807, 2.05) is 25.1 Å². The summed E-state index contributed by atoms with van der Waals surface area (Å²) in [5, 5.41) is 5.97. The van der Waals surface area contributed by atoms with E-state index >= 15 is 0 Å². The van der Waals surface area contributed by atoms with E-state index in [-0.39, 0.29) is 5.91 Å². The molecule has 1 saturated heterocycles. The predicted molar refractivity (Wildman–Crippen MR) is 94.2 cm³/mol. The van der Waals surface area contributed by atoms with Gasteiger partial charge >= 0.3 is 0 Å². The minimum absolute atomic E-state index is 0.0746. The molecule has 3 heterocycles. The van der Waals surface area contributed by atoms with E-state index in [1.165, 1.54) is 12.8 Å². The maximum Gasteiger partial charge on any atom is 0.227 e. The van der Waals surface area contributed by atoms with Gasteiger partial charge in [0.25, 0.3) is 0 Å². The average Bonchev–Trinajstić information content (AvgIpc) is 3.10. The number of anilines is 3. The molecule has 2 aromatic rings. The van der Waals surface area contributed by atoms with Crippen LogP contribution in [0.4, 0.5) is 17.5 Å². The van der Waals surface area contributed by atoms with Gasteiger partial charge in [0.2, 0.25) is 5.91 Å². The van der Waals surface area contributed by atoms with Gasteiger partial charge in [-0.3, -0.25) is 4.79 Å². The Morgan fingerprint density at radius 3 is 2.83 bits per heavy atom. The molecule has 2 N–H and O–H groups in total. The normalized spacial score (nSPS) is 13.8. The number of pyridine rings is 1. The third kappa shape index (κ3) is 4.41. The van der Waals surface area contributed by atoms with Crippen molar-refractivity contribution >= 4 is 23.4 Å². The lowest BCUT2D eigenvalue weighted by atomic mass is 10.3. The molecular weight excluding hydrogens is 304 g/mol. The van der Waals surface area contributed by atoms with Gasteiger partial charge in [0, 0.05) is 37.8 Å². The smallest absolute Gasteiger partial charge is 0.227 e. The molecule has 0 bridgehead atoms. The van der Waals surface area contributed by atoms with Crippen LogP contribution in [0.15, 0.2) is 30.6 Å². The van der Waals surface area contributed by atoms with Crippen LogP contribution in [-0.4, -0.2) is 40.5 Å². The summed E-state index contributed by atoms with van der Waals surface area (Å²) in [5.74, 6) is 2.19. The first-order valence-electron chi connectivity index (χ1n) is 8.25. The van der Waals surface area contributed by atoms with Crippen LogP contribution in [0.3, 0.4) is 0 Å². The molecule has 0 aliphatic carbocycles. The quantitative estimate of drug-likeness (QED) is 0.847. The molecule has 24 heavy (non-hydrogen) atoms. The number of aryl methyl sites for hydroxylation is 1. The number of hydrogen-bond acceptors (Lipinski definition) is 6. The zero-order valence-electron chi connectivity index (χ0n) is 13.8. The second-order valence-electron chi connectivity index (χ2n) is 5.84. The van der Waals surface area contributed by atoms with E-state index in [9.17, 15) is 4.79 Å². The summed E-state index contributed by atoms with van der Waals surface area (Å²) >= 11 is 0. The molecule has 7 nitrogen and oxygen atoms in total. The molecule has 0 atom stereocenters. The largest absolute Gasteiger partial charge is 0.369 e. The average molecular weight is 326 g/mol. The number of carbonyl (C=O) groups is 1. The van der Waals surface area contributed by atoms with Crippen molar-refractivity contribution in [3.63, 3.8) is 0 Å². The van der Waals surface area contributed by atoms with Crippen molar-refractivity contribution in [2.75, 3.05) is 35.2 Å². The van der Waals surface area contributed by atoms with Gasteiger partial charge in [-0.1, -0.05) is 6.07 Å². The highest BCUT2D eigenvalue weighted by Crippen LogP contribution is 2.19. The minimum Gasteiger partial charge on any atom is -0.369 e. The summed E-state index contributed by atoms with van der Waals surface area (Å²) in [6, 6.07) is 7.48. The van der Waals surface area contributed by atoms with E-state index < -0.39 is 0 Å². The Bertz CT molecular complexity index is 699. The lowest BCUT2D eigenvalue weighted by molar-refractivity contribution is -0.116. The van der Waals surface area contributed by atoms with Gasteiger partial charge in [0.1, 0.15) is 23.8 Å². The number of nitrogens with one attached hydrogen (secondary N) is 2. The standard InChI is InChI=1S/C17H22N6O/c1-13-5-4-6-14(21-13)22-17(24)7-8-18-15-11-16(20-12-19-15)23-9-2-3-10-23/h4-6,11-12H,2-3,7-10H2,1H3,(H,18,19,20)(H,21,22,24). The molecule has 0 aromatic carbocycles. The zero-order chi connectivity index (χ0) is 16.8. The third-order valence-electron chi connectivity index (χ3n) is 3.90. The topological polar surface area (TPSA) is 83.0 Å². The van der Waals surface area contributed by atoms with E-state index in [1.54, 1.807) is 12.4 Å². The maximum atomic E-state index is 12.0. The summed E-state index contributed by atoms with van der Waals surface area (Å²) in [4.78, 5) is 27.0. The molecular formula is C17H22N6O. The van der Waals surface area contributed by atoms with Crippen LogP contribution >= 0.6 is 0 Å². The van der Waals surface area contributed by atoms with Crippen molar-refractivity contribution in [1.82, 2.24) is 15.0 Å². The summed E-state index contributed by atoms with van der Waals surface area (Å²) in [6.07, 6.45) is 4.32. The Morgan fingerprint density at radius 2 is 2.04 bits per heavy atom. The van der Waals surface area contributed by atoms with Gasteiger partial charge in [-0.05, 0) is 31.9 Å². The van der Waals surface area contributed by atoms with E-state index in [4.69, 9.17) is 0 Å². The fraction of sp³-hybridized carbons (Fsp3) is 0.412. The highest BCUT2D eigenvalue weighted by molar-refractivity contribution is 5.90. The second-order valence-corrected chi connectivity index (χ2v) is 5.84. The van der Waals surface area contributed by atoms with Crippen molar-refractivity contribution in [1.29, 1.82) is 0 Å². The Labute approximate surface area is 141 Å². The van der Waals surface area contributed by atoms with Crippen molar-refractivity contribution in [3.8, 4) is 0 Å². The van der Waals surface area contributed by atoms with Crippen LogP contribution in [0.1, 0.15) is 25.0 Å². The Morgan fingerprint density at radius 1 is 1.21 bits per heavy atom. The number of aromatic nitrogens is 3. The number of hydrogen-bond donors (Lipinski definition) is 2. The molecule has 0 radical (unpaired) electrons. The first-order valence-corrected chi connectivity index (χ1v) is 8.25. The monoisotopic (exact) mass is 326 g/mol. The third-order valence-corrected chi connectivity index (χ3v) is 3.90. The number of nitrogens with zero attached hydrogens (tertiary/aromatic N) is 4. The SMILES string of the molecule is Cc1cccc(NC(=O)CCNc2cc(N3CCCC3)ncn2)n1. The predicted octanol–water partition coefficient (Wildman–Crippen LogP) is 2.22. The van der Waals surface area contributed by atoms with Crippen molar-refractivity contribution in [3.05, 3.63) is 36.3 Å². The minimum atomic E-state index is -0.0746. The first-order chi connectivity index (χ1) is 11.7. The van der Waals surface area contributed by atoms with Crippen LogP contribution in [0.25, 0.3) is 0 Å². The molecule has 1 amide bonds.